The van der Waals surface area contributed by atoms with Crippen LogP contribution >= 0.6 is 0 Å². The summed E-state index contributed by atoms with van der Waals surface area (Å²) in [6.45, 7) is 12.3. The first kappa shape index (κ1) is 36.0. The summed E-state index contributed by atoms with van der Waals surface area (Å²) in [5.74, 6) is -2.62. The summed E-state index contributed by atoms with van der Waals surface area (Å²) in [5.41, 5.74) is -0.710. The Bertz CT molecular complexity index is 1430. The van der Waals surface area contributed by atoms with Gasteiger partial charge in [-0.3, -0.25) is 0 Å². The minimum absolute atomic E-state index is 0.0648. The van der Waals surface area contributed by atoms with Gasteiger partial charge in [0.15, 0.2) is 8.32 Å². The second kappa shape index (κ2) is 13.1. The number of benzene rings is 3. The molecule has 0 radical (unpaired) electrons. The number of halogens is 6. The molecule has 4 nitrogen and oxygen atoms in total. The Morgan fingerprint density at radius 1 is 0.886 bits per heavy atom. The maximum atomic E-state index is 15.9. The molecule has 0 saturated heterocycles. The zero-order valence-electron chi connectivity index (χ0n) is 25.8. The summed E-state index contributed by atoms with van der Waals surface area (Å²) < 4.78 is 105. The van der Waals surface area contributed by atoms with Gasteiger partial charge in [0.05, 0.1) is 0 Å². The average Bonchev–Trinajstić information content (AvgIpc) is 2.88. The molecule has 0 saturated carbocycles. The molecule has 12 heteroatoms. The summed E-state index contributed by atoms with van der Waals surface area (Å²) in [5, 5.41) is -0.604. The van der Waals surface area contributed by atoms with Crippen LogP contribution in [0.2, 0.25) is 18.1 Å². The Kier molecular flexibility index (Phi) is 10.7. The molecular formula is C32H39F6NO3SSi. The van der Waals surface area contributed by atoms with Gasteiger partial charge in [-0.1, -0.05) is 56.3 Å². The van der Waals surface area contributed by atoms with E-state index in [4.69, 9.17) is 0 Å². The van der Waals surface area contributed by atoms with E-state index in [-0.39, 0.29) is 24.0 Å². The molecule has 0 aromatic heterocycles. The van der Waals surface area contributed by atoms with Gasteiger partial charge < -0.3 is 14.1 Å². The van der Waals surface area contributed by atoms with Crippen LogP contribution in [0, 0.1) is 11.6 Å². The lowest BCUT2D eigenvalue weighted by atomic mass is 9.78. The van der Waals surface area contributed by atoms with Crippen molar-refractivity contribution < 1.29 is 40.4 Å². The summed E-state index contributed by atoms with van der Waals surface area (Å²) >= 11 is -1.89. The Balaban J connectivity index is 2.32. The Morgan fingerprint density at radius 3 is 2.02 bits per heavy atom. The maximum absolute atomic E-state index is 15.9. The van der Waals surface area contributed by atoms with Gasteiger partial charge in [-0.15, -0.1) is 4.72 Å². The van der Waals surface area contributed by atoms with Gasteiger partial charge in [0.2, 0.25) is 0 Å². The van der Waals surface area contributed by atoms with Crippen LogP contribution in [0.25, 0.3) is 0 Å². The van der Waals surface area contributed by atoms with Crippen LogP contribution in [-0.4, -0.2) is 34.9 Å². The molecule has 1 unspecified atom stereocenters. The van der Waals surface area contributed by atoms with Gasteiger partial charge in [-0.05, 0) is 85.8 Å². The third-order valence-corrected chi connectivity index (χ3v) is 13.0. The predicted octanol–water partition coefficient (Wildman–Crippen LogP) is 8.26. The number of hydrogen-bond donors (Lipinski definition) is 2. The zero-order valence-corrected chi connectivity index (χ0v) is 27.6. The minimum atomic E-state index is -4.92. The van der Waals surface area contributed by atoms with Crippen LogP contribution in [0.4, 0.5) is 26.3 Å². The predicted molar refractivity (Wildman–Crippen MR) is 164 cm³/mol. The highest BCUT2D eigenvalue weighted by molar-refractivity contribution is 7.90. The number of nitrogens with one attached hydrogen (secondary N) is 1. The lowest BCUT2D eigenvalue weighted by Gasteiger charge is -2.39. The lowest BCUT2D eigenvalue weighted by molar-refractivity contribution is -0.253. The molecule has 0 heterocycles. The first-order valence-corrected chi connectivity index (χ1v) is 18.1. The second-order valence-corrected chi connectivity index (χ2v) is 19.6. The third-order valence-electron chi connectivity index (χ3n) is 7.84. The minimum Gasteiger partial charge on any atom is -0.598 e. The van der Waals surface area contributed by atoms with Crippen LogP contribution in [0.5, 0.6) is 5.75 Å². The maximum Gasteiger partial charge on any atom is 0.461 e. The topological polar surface area (TPSA) is 64.5 Å². The fourth-order valence-electron chi connectivity index (χ4n) is 4.46. The smallest absolute Gasteiger partial charge is 0.461 e. The first-order valence-electron chi connectivity index (χ1n) is 14.0. The van der Waals surface area contributed by atoms with E-state index in [1.807, 2.05) is 13.8 Å². The molecule has 0 aliphatic rings. The monoisotopic (exact) mass is 659 g/mol. The molecule has 2 atom stereocenters. The van der Waals surface area contributed by atoms with Gasteiger partial charge in [-0.2, -0.15) is 17.6 Å². The zero-order chi connectivity index (χ0) is 33.3. The highest BCUT2D eigenvalue weighted by Gasteiger charge is 2.46. The molecule has 2 N–H and O–H groups in total. The Hall–Kier alpha value is -2.51. The van der Waals surface area contributed by atoms with Crippen LogP contribution in [-0.2, 0) is 29.7 Å². The number of rotatable bonds is 12. The van der Waals surface area contributed by atoms with Gasteiger partial charge >= 0.3 is 12.5 Å². The third kappa shape index (κ3) is 8.39. The molecule has 0 bridgehead atoms. The summed E-state index contributed by atoms with van der Waals surface area (Å²) in [4.78, 5) is 10.8. The van der Waals surface area contributed by atoms with Crippen molar-refractivity contribution >= 4 is 19.7 Å². The molecule has 0 spiro atoms. The second-order valence-electron chi connectivity index (χ2n) is 13.1. The molecule has 44 heavy (non-hydrogen) atoms. The number of alkyl halides is 4. The molecule has 3 aromatic carbocycles. The molecule has 0 fully saturated rings. The molecule has 0 aliphatic heterocycles. The highest BCUT2D eigenvalue weighted by atomic mass is 32.2. The SMILES string of the molecule is CC(C)(C)[S+]([O-])N[C@](Cc1ccccc1)(c1cc(F)cc(OC(F)(F)C(F)F)c1)c1ccc(CC(C)(C)[Si](C)(C)O)c(F)c1. The summed E-state index contributed by atoms with van der Waals surface area (Å²) in [7, 11) is -2.72. The van der Waals surface area contributed by atoms with E-state index in [0.717, 1.165) is 12.1 Å². The fourth-order valence-corrected chi connectivity index (χ4v) is 6.01. The van der Waals surface area contributed by atoms with E-state index in [1.54, 1.807) is 70.3 Å². The Labute approximate surface area is 259 Å². The lowest BCUT2D eigenvalue weighted by Crippen LogP contribution is -2.53. The van der Waals surface area contributed by atoms with E-state index in [9.17, 15) is 26.9 Å². The van der Waals surface area contributed by atoms with Gasteiger partial charge in [0, 0.05) is 23.8 Å². The van der Waals surface area contributed by atoms with Crippen LogP contribution < -0.4 is 9.46 Å². The molecule has 0 aliphatic carbocycles. The van der Waals surface area contributed by atoms with Crippen molar-refractivity contribution in [1.82, 2.24) is 4.72 Å². The van der Waals surface area contributed by atoms with Crippen molar-refractivity contribution in [3.63, 3.8) is 0 Å². The highest BCUT2D eigenvalue weighted by Crippen LogP contribution is 2.42. The number of ether oxygens (including phenoxy) is 1. The van der Waals surface area contributed by atoms with Gasteiger partial charge in [-0.25, -0.2) is 8.78 Å². The standard InChI is InChI=1S/C32H39F6NO3SSi/c1-29(2,3)43(40)39-31(19-21-11-9-8-10-12-21,24-15-25(33)18-26(16-24)42-32(37,38)28(35)36)23-14-13-22(27(34)17-23)20-30(4,5)44(6,7)41/h8-18,28,39,41H,19-20H2,1-7H3/t31-,43?/m0/s1. The van der Waals surface area contributed by atoms with Crippen molar-refractivity contribution in [3.05, 3.63) is 101 Å². The largest absolute Gasteiger partial charge is 0.598 e. The van der Waals surface area contributed by atoms with Crippen molar-refractivity contribution in [2.45, 2.75) is 88.4 Å². The average molecular weight is 660 g/mol. The molecule has 3 aromatic rings. The van der Waals surface area contributed by atoms with Crippen molar-refractivity contribution in [2.75, 3.05) is 0 Å². The van der Waals surface area contributed by atoms with Crippen LogP contribution in [0.15, 0.2) is 66.7 Å². The van der Waals surface area contributed by atoms with E-state index in [1.165, 1.54) is 12.1 Å². The van der Waals surface area contributed by atoms with Gasteiger partial charge in [0.25, 0.3) is 0 Å². The molecular weight excluding hydrogens is 620 g/mol. The first-order chi connectivity index (χ1) is 20.1. The number of hydrogen-bond acceptors (Lipinski definition) is 4. The van der Waals surface area contributed by atoms with Crippen molar-refractivity contribution in [1.29, 1.82) is 0 Å². The van der Waals surface area contributed by atoms with E-state index < -0.39 is 64.9 Å². The molecule has 0 amide bonds. The normalized spacial score (nSPS) is 15.3. The summed E-state index contributed by atoms with van der Waals surface area (Å²) in [6.07, 6.45) is -8.96. The van der Waals surface area contributed by atoms with E-state index in [2.05, 4.69) is 9.46 Å². The molecule has 242 valence electrons. The Morgan fingerprint density at radius 2 is 1.50 bits per heavy atom. The van der Waals surface area contributed by atoms with E-state index >= 15 is 8.78 Å². The molecule has 3 rings (SSSR count). The summed E-state index contributed by atoms with van der Waals surface area (Å²) in [6, 6.07) is 15.5. The van der Waals surface area contributed by atoms with Crippen molar-refractivity contribution in [2.24, 2.45) is 0 Å². The van der Waals surface area contributed by atoms with Crippen molar-refractivity contribution in [3.8, 4) is 5.75 Å². The fraction of sp³-hybridized carbons (Fsp3) is 0.438. The van der Waals surface area contributed by atoms with E-state index in [0.29, 0.717) is 17.2 Å². The quantitative estimate of drug-likeness (QED) is 0.117. The van der Waals surface area contributed by atoms with Crippen LogP contribution in [0.3, 0.4) is 0 Å². The van der Waals surface area contributed by atoms with Crippen LogP contribution in [0.1, 0.15) is 56.9 Å². The van der Waals surface area contributed by atoms with Gasteiger partial charge in [0.1, 0.15) is 27.7 Å².